The number of amides is 1. The second-order valence-corrected chi connectivity index (χ2v) is 10.8. The first-order valence-corrected chi connectivity index (χ1v) is 10.7. The number of ether oxygens (including phenoxy) is 1. The van der Waals surface area contributed by atoms with Crippen LogP contribution in [0.5, 0.6) is 0 Å². The zero-order valence-corrected chi connectivity index (χ0v) is 15.5. The summed E-state index contributed by atoms with van der Waals surface area (Å²) in [5.41, 5.74) is -1.70. The summed E-state index contributed by atoms with van der Waals surface area (Å²) in [6, 6.07) is 0. The van der Waals surface area contributed by atoms with Crippen LogP contribution in [0.3, 0.4) is 0 Å². The van der Waals surface area contributed by atoms with E-state index in [1.807, 2.05) is 0 Å². The summed E-state index contributed by atoms with van der Waals surface area (Å²) < 4.78 is 33.9. The maximum Gasteiger partial charge on any atom is 0.254 e. The van der Waals surface area contributed by atoms with Crippen molar-refractivity contribution in [3.05, 3.63) is 0 Å². The van der Waals surface area contributed by atoms with Gasteiger partial charge in [0.2, 0.25) is 10.0 Å². The Hall–Kier alpha value is -0.660. The zero-order valence-electron chi connectivity index (χ0n) is 14.6. The van der Waals surface area contributed by atoms with Crippen LogP contribution in [0.1, 0.15) is 65.2 Å². The van der Waals surface area contributed by atoms with E-state index in [0.717, 1.165) is 38.5 Å². The van der Waals surface area contributed by atoms with Crippen LogP contribution in [0.25, 0.3) is 0 Å². The highest BCUT2D eigenvalue weighted by molar-refractivity contribution is 7.90. The van der Waals surface area contributed by atoms with Crippen molar-refractivity contribution in [2.24, 2.45) is 5.41 Å². The highest BCUT2D eigenvalue weighted by atomic mass is 32.2. The van der Waals surface area contributed by atoms with Gasteiger partial charge in [-0.25, -0.2) is 8.42 Å². The third kappa shape index (κ3) is 2.51. The number of hydrogen-bond donors (Lipinski definition) is 1. The lowest BCUT2D eigenvalue weighted by Gasteiger charge is -2.39. The van der Waals surface area contributed by atoms with Gasteiger partial charge < -0.3 is 10.1 Å². The molecule has 0 radical (unpaired) electrons. The molecule has 4 rings (SSSR count). The van der Waals surface area contributed by atoms with Crippen molar-refractivity contribution in [3.63, 3.8) is 0 Å². The van der Waals surface area contributed by atoms with Gasteiger partial charge in [0.05, 0.1) is 11.8 Å². The molecule has 2 aliphatic carbocycles. The van der Waals surface area contributed by atoms with E-state index in [-0.39, 0.29) is 23.1 Å². The van der Waals surface area contributed by atoms with Gasteiger partial charge in [0.15, 0.2) is 5.72 Å². The Labute approximate surface area is 144 Å². The summed E-state index contributed by atoms with van der Waals surface area (Å²) in [6.07, 6.45) is 7.85. The summed E-state index contributed by atoms with van der Waals surface area (Å²) in [7, 11) is -3.31. The van der Waals surface area contributed by atoms with Gasteiger partial charge >= 0.3 is 0 Å². The van der Waals surface area contributed by atoms with Crippen LogP contribution >= 0.6 is 0 Å². The summed E-state index contributed by atoms with van der Waals surface area (Å²) in [5, 5.41) is 2.71. The van der Waals surface area contributed by atoms with Gasteiger partial charge in [-0.15, -0.1) is 0 Å². The number of nitrogens with one attached hydrogen (secondary N) is 1. The largest absolute Gasteiger partial charge is 0.339 e. The molecule has 0 bridgehead atoms. The van der Waals surface area contributed by atoms with Crippen molar-refractivity contribution < 1.29 is 17.9 Å². The van der Waals surface area contributed by atoms with Crippen molar-refractivity contribution in [3.8, 4) is 0 Å². The molecule has 1 N–H and O–H groups in total. The molecule has 2 atom stereocenters. The lowest BCUT2D eigenvalue weighted by Crippen LogP contribution is -2.57. The van der Waals surface area contributed by atoms with Crippen LogP contribution < -0.4 is 5.32 Å². The topological polar surface area (TPSA) is 75.7 Å². The molecule has 1 amide bonds. The predicted octanol–water partition coefficient (Wildman–Crippen LogP) is 1.76. The number of carbonyl (C=O) groups excluding carboxylic acids is 1. The van der Waals surface area contributed by atoms with Crippen LogP contribution in [0, 0.1) is 5.41 Å². The minimum Gasteiger partial charge on any atom is -0.339 e. The fraction of sp³-hybridized carbons (Fsp3) is 0.941. The SMILES string of the molecule is CC1(C)OC2(CCCN(S(=O)(=O)C3CC34CCCCC4)C2)NC1=O. The molecule has 7 heteroatoms. The number of hydrogen-bond acceptors (Lipinski definition) is 4. The second kappa shape index (κ2) is 5.17. The molecule has 0 aromatic carbocycles. The fourth-order valence-electron chi connectivity index (χ4n) is 5.00. The first kappa shape index (κ1) is 16.8. The summed E-state index contributed by atoms with van der Waals surface area (Å²) >= 11 is 0. The standard InChI is InChI=1S/C17H28N2O4S/c1-15(2)14(20)18-17(23-15)9-6-10-19(12-17)24(21,22)13-11-16(13)7-4-3-5-8-16/h13H,3-12H2,1-2H3,(H,18,20). The zero-order chi connectivity index (χ0) is 17.2. The van der Waals surface area contributed by atoms with Gasteiger partial charge in [0.25, 0.3) is 5.91 Å². The minimum absolute atomic E-state index is 0.0424. The molecule has 6 nitrogen and oxygen atoms in total. The molecular formula is C17H28N2O4S. The fourth-order valence-corrected chi connectivity index (χ4v) is 7.54. The van der Waals surface area contributed by atoms with Crippen molar-refractivity contribution >= 4 is 15.9 Å². The van der Waals surface area contributed by atoms with E-state index in [1.54, 1.807) is 18.2 Å². The lowest BCUT2D eigenvalue weighted by atomic mass is 9.86. The van der Waals surface area contributed by atoms with E-state index in [1.165, 1.54) is 6.42 Å². The third-order valence-corrected chi connectivity index (χ3v) is 8.86. The van der Waals surface area contributed by atoms with E-state index in [4.69, 9.17) is 4.74 Å². The van der Waals surface area contributed by atoms with Gasteiger partial charge in [0, 0.05) is 6.54 Å². The van der Waals surface area contributed by atoms with E-state index in [2.05, 4.69) is 5.32 Å². The summed E-state index contributed by atoms with van der Waals surface area (Å²) in [5.74, 6) is -0.156. The van der Waals surface area contributed by atoms with Crippen LogP contribution in [0.15, 0.2) is 0 Å². The number of sulfonamides is 1. The smallest absolute Gasteiger partial charge is 0.254 e. The molecule has 2 unspecified atom stereocenters. The molecule has 136 valence electrons. The third-order valence-electron chi connectivity index (χ3n) is 6.44. The number of carbonyl (C=O) groups is 1. The molecule has 2 saturated carbocycles. The summed E-state index contributed by atoms with van der Waals surface area (Å²) in [4.78, 5) is 12.1. The van der Waals surface area contributed by atoms with Gasteiger partial charge in [-0.3, -0.25) is 4.79 Å². The number of rotatable bonds is 2. The number of nitrogens with zero attached hydrogens (tertiary/aromatic N) is 1. The minimum atomic E-state index is -3.31. The Balaban J connectivity index is 1.51. The molecule has 2 aliphatic heterocycles. The summed E-state index contributed by atoms with van der Waals surface area (Å²) in [6.45, 7) is 4.26. The highest BCUT2D eigenvalue weighted by Crippen LogP contribution is 2.60. The molecule has 2 saturated heterocycles. The molecule has 0 aromatic heterocycles. The Kier molecular flexibility index (Phi) is 3.62. The normalized spacial score (nSPS) is 38.4. The molecule has 2 heterocycles. The average molecular weight is 356 g/mol. The monoisotopic (exact) mass is 356 g/mol. The number of piperidine rings is 1. The maximum atomic E-state index is 13.2. The maximum absolute atomic E-state index is 13.2. The van der Waals surface area contributed by atoms with E-state index in [9.17, 15) is 13.2 Å². The molecule has 4 fully saturated rings. The van der Waals surface area contributed by atoms with Crippen LogP contribution in [-0.2, 0) is 19.6 Å². The average Bonchev–Trinajstić information content (AvgIpc) is 3.15. The Morgan fingerprint density at radius 2 is 1.83 bits per heavy atom. The van der Waals surface area contributed by atoms with Gasteiger partial charge in [0.1, 0.15) is 5.60 Å². The van der Waals surface area contributed by atoms with Crippen LogP contribution in [-0.4, -0.2) is 48.3 Å². The Morgan fingerprint density at radius 1 is 1.12 bits per heavy atom. The molecular weight excluding hydrogens is 328 g/mol. The van der Waals surface area contributed by atoms with Crippen molar-refractivity contribution in [1.82, 2.24) is 9.62 Å². The first-order chi connectivity index (χ1) is 11.2. The van der Waals surface area contributed by atoms with Crippen LogP contribution in [0.2, 0.25) is 0 Å². The van der Waals surface area contributed by atoms with Crippen molar-refractivity contribution in [2.75, 3.05) is 13.1 Å². The van der Waals surface area contributed by atoms with E-state index in [0.29, 0.717) is 13.0 Å². The Bertz CT molecular complexity index is 654. The van der Waals surface area contributed by atoms with E-state index < -0.39 is 21.3 Å². The van der Waals surface area contributed by atoms with Gasteiger partial charge in [-0.1, -0.05) is 19.3 Å². The molecule has 24 heavy (non-hydrogen) atoms. The predicted molar refractivity (Wildman–Crippen MR) is 89.7 cm³/mol. The van der Waals surface area contributed by atoms with Crippen LogP contribution in [0.4, 0.5) is 0 Å². The lowest BCUT2D eigenvalue weighted by molar-refractivity contribution is -0.137. The van der Waals surface area contributed by atoms with Gasteiger partial charge in [-0.05, 0) is 51.4 Å². The molecule has 2 spiro atoms. The second-order valence-electron chi connectivity index (χ2n) is 8.66. The molecule has 4 aliphatic rings. The van der Waals surface area contributed by atoms with E-state index >= 15 is 0 Å². The van der Waals surface area contributed by atoms with Crippen molar-refractivity contribution in [2.45, 2.75) is 81.8 Å². The Morgan fingerprint density at radius 3 is 2.46 bits per heavy atom. The highest BCUT2D eigenvalue weighted by Gasteiger charge is 2.63. The first-order valence-electron chi connectivity index (χ1n) is 9.21. The van der Waals surface area contributed by atoms with Crippen molar-refractivity contribution in [1.29, 1.82) is 0 Å². The van der Waals surface area contributed by atoms with Gasteiger partial charge in [-0.2, -0.15) is 4.31 Å². The molecule has 0 aromatic rings. The quantitative estimate of drug-likeness (QED) is 0.818.